The van der Waals surface area contributed by atoms with Crippen LogP contribution < -0.4 is 5.32 Å². The first kappa shape index (κ1) is 17.9. The standard InChI is InChI=1S/C17H11ClF3N3O2/c18-13-4-2-1-3-12(13)16-24-23-14(26-16)9-22-15(25)10-5-7-11(8-6-10)17(19,20)21/h1-8H,9H2,(H,22,25). The van der Waals surface area contributed by atoms with Crippen LogP contribution in [-0.4, -0.2) is 16.1 Å². The van der Waals surface area contributed by atoms with Gasteiger partial charge >= 0.3 is 6.18 Å². The average molecular weight is 382 g/mol. The maximum absolute atomic E-state index is 12.5. The molecular formula is C17H11ClF3N3O2. The summed E-state index contributed by atoms with van der Waals surface area (Å²) in [6, 6.07) is 10.8. The molecule has 1 aromatic heterocycles. The highest BCUT2D eigenvalue weighted by Gasteiger charge is 2.30. The summed E-state index contributed by atoms with van der Waals surface area (Å²) in [4.78, 5) is 12.0. The van der Waals surface area contributed by atoms with Crippen LogP contribution >= 0.6 is 11.6 Å². The lowest BCUT2D eigenvalue weighted by Crippen LogP contribution is -2.23. The SMILES string of the molecule is O=C(NCc1nnc(-c2ccccc2Cl)o1)c1ccc(C(F)(F)F)cc1. The van der Waals surface area contributed by atoms with Crippen molar-refractivity contribution in [1.29, 1.82) is 0 Å². The van der Waals surface area contributed by atoms with E-state index in [0.717, 1.165) is 24.3 Å². The molecule has 1 heterocycles. The summed E-state index contributed by atoms with van der Waals surface area (Å²) in [5, 5.41) is 10.6. The number of halogens is 4. The van der Waals surface area contributed by atoms with Gasteiger partial charge < -0.3 is 9.73 Å². The first-order valence-electron chi connectivity index (χ1n) is 7.37. The second kappa shape index (κ2) is 7.17. The second-order valence-corrected chi connectivity index (χ2v) is 5.65. The van der Waals surface area contributed by atoms with Crippen LogP contribution in [0.25, 0.3) is 11.5 Å². The number of nitrogens with one attached hydrogen (secondary N) is 1. The van der Waals surface area contributed by atoms with Crippen molar-refractivity contribution in [2.24, 2.45) is 0 Å². The van der Waals surface area contributed by atoms with E-state index < -0.39 is 17.6 Å². The minimum absolute atomic E-state index is 0.0721. The van der Waals surface area contributed by atoms with E-state index in [0.29, 0.717) is 10.6 Å². The van der Waals surface area contributed by atoms with Crippen LogP contribution in [-0.2, 0) is 12.7 Å². The summed E-state index contributed by atoms with van der Waals surface area (Å²) < 4.78 is 43.0. The number of hydrogen-bond donors (Lipinski definition) is 1. The summed E-state index contributed by atoms with van der Waals surface area (Å²) >= 11 is 6.04. The van der Waals surface area contributed by atoms with Gasteiger partial charge in [-0.05, 0) is 36.4 Å². The summed E-state index contributed by atoms with van der Waals surface area (Å²) in [5.41, 5.74) is -0.179. The molecule has 0 unspecified atom stereocenters. The van der Waals surface area contributed by atoms with Gasteiger partial charge in [0.25, 0.3) is 5.91 Å². The van der Waals surface area contributed by atoms with E-state index >= 15 is 0 Å². The van der Waals surface area contributed by atoms with Crippen molar-refractivity contribution < 1.29 is 22.4 Å². The number of aromatic nitrogens is 2. The van der Waals surface area contributed by atoms with E-state index in [1.807, 2.05) is 0 Å². The Morgan fingerprint density at radius 2 is 1.77 bits per heavy atom. The van der Waals surface area contributed by atoms with Gasteiger partial charge in [0.15, 0.2) is 0 Å². The zero-order valence-corrected chi connectivity index (χ0v) is 13.8. The zero-order chi connectivity index (χ0) is 18.7. The number of rotatable bonds is 4. The summed E-state index contributed by atoms with van der Waals surface area (Å²) in [7, 11) is 0. The fourth-order valence-corrected chi connectivity index (χ4v) is 2.35. The van der Waals surface area contributed by atoms with Crippen molar-refractivity contribution in [1.82, 2.24) is 15.5 Å². The topological polar surface area (TPSA) is 68.0 Å². The Bertz CT molecular complexity index is 924. The minimum atomic E-state index is -4.45. The second-order valence-electron chi connectivity index (χ2n) is 5.24. The van der Waals surface area contributed by atoms with Gasteiger partial charge in [0.1, 0.15) is 0 Å². The van der Waals surface area contributed by atoms with Crippen LogP contribution in [0.15, 0.2) is 52.9 Å². The van der Waals surface area contributed by atoms with E-state index in [1.165, 1.54) is 0 Å². The van der Waals surface area contributed by atoms with Crippen LogP contribution in [0.2, 0.25) is 5.02 Å². The van der Waals surface area contributed by atoms with Crippen molar-refractivity contribution in [3.63, 3.8) is 0 Å². The molecule has 5 nitrogen and oxygen atoms in total. The van der Waals surface area contributed by atoms with Crippen molar-refractivity contribution in [3.05, 3.63) is 70.6 Å². The number of hydrogen-bond acceptors (Lipinski definition) is 4. The molecule has 134 valence electrons. The number of nitrogens with zero attached hydrogens (tertiary/aromatic N) is 2. The Labute approximate surface area is 150 Å². The highest BCUT2D eigenvalue weighted by Crippen LogP contribution is 2.29. The molecule has 1 N–H and O–H groups in total. The number of carbonyl (C=O) groups excluding carboxylic acids is 1. The zero-order valence-electron chi connectivity index (χ0n) is 13.0. The summed E-state index contributed by atoms with van der Waals surface area (Å²) in [6.45, 7) is -0.0721. The third-order valence-electron chi connectivity index (χ3n) is 3.45. The van der Waals surface area contributed by atoms with Gasteiger partial charge in [-0.15, -0.1) is 10.2 Å². The van der Waals surface area contributed by atoms with Crippen molar-refractivity contribution >= 4 is 17.5 Å². The highest BCUT2D eigenvalue weighted by molar-refractivity contribution is 6.33. The Hall–Kier alpha value is -2.87. The van der Waals surface area contributed by atoms with Crippen molar-refractivity contribution in [2.45, 2.75) is 12.7 Å². The van der Waals surface area contributed by atoms with E-state index in [-0.39, 0.29) is 23.9 Å². The van der Waals surface area contributed by atoms with Crippen LogP contribution in [0.3, 0.4) is 0 Å². The predicted molar refractivity (Wildman–Crippen MR) is 87.4 cm³/mol. The summed E-state index contributed by atoms with van der Waals surface area (Å²) in [6.07, 6.45) is -4.45. The lowest BCUT2D eigenvalue weighted by atomic mass is 10.1. The maximum Gasteiger partial charge on any atom is 0.416 e. The van der Waals surface area contributed by atoms with Crippen molar-refractivity contribution in [3.8, 4) is 11.5 Å². The average Bonchev–Trinajstić information content (AvgIpc) is 3.08. The summed E-state index contributed by atoms with van der Waals surface area (Å²) in [5.74, 6) is -0.217. The monoisotopic (exact) mass is 381 g/mol. The van der Waals surface area contributed by atoms with Crippen LogP contribution in [0.1, 0.15) is 21.8 Å². The Morgan fingerprint density at radius 1 is 1.08 bits per heavy atom. The molecule has 0 saturated heterocycles. The van der Waals surface area contributed by atoms with Crippen LogP contribution in [0.5, 0.6) is 0 Å². The number of alkyl halides is 3. The molecule has 0 aliphatic heterocycles. The van der Waals surface area contributed by atoms with Gasteiger partial charge in [0.2, 0.25) is 11.8 Å². The maximum atomic E-state index is 12.5. The largest absolute Gasteiger partial charge is 0.419 e. The third kappa shape index (κ3) is 4.02. The molecule has 2 aromatic carbocycles. The molecule has 0 spiro atoms. The number of amides is 1. The Kier molecular flexibility index (Phi) is 4.94. The quantitative estimate of drug-likeness (QED) is 0.730. The molecule has 0 radical (unpaired) electrons. The van der Waals surface area contributed by atoms with Gasteiger partial charge in [-0.1, -0.05) is 23.7 Å². The molecular weight excluding hydrogens is 371 g/mol. The molecule has 3 rings (SSSR count). The number of carbonyl (C=O) groups is 1. The molecule has 26 heavy (non-hydrogen) atoms. The van der Waals surface area contributed by atoms with Gasteiger partial charge in [-0.25, -0.2) is 0 Å². The molecule has 3 aromatic rings. The van der Waals surface area contributed by atoms with E-state index in [1.54, 1.807) is 24.3 Å². The van der Waals surface area contributed by atoms with Crippen LogP contribution in [0, 0.1) is 0 Å². The van der Waals surface area contributed by atoms with Gasteiger partial charge in [-0.3, -0.25) is 4.79 Å². The smallest absolute Gasteiger partial charge is 0.416 e. The van der Waals surface area contributed by atoms with Crippen molar-refractivity contribution in [2.75, 3.05) is 0 Å². The normalized spacial score (nSPS) is 11.4. The Balaban J connectivity index is 1.64. The fourth-order valence-electron chi connectivity index (χ4n) is 2.14. The molecule has 0 aliphatic rings. The first-order valence-corrected chi connectivity index (χ1v) is 7.75. The molecule has 0 saturated carbocycles. The van der Waals surface area contributed by atoms with E-state index in [9.17, 15) is 18.0 Å². The molecule has 0 aliphatic carbocycles. The molecule has 0 fully saturated rings. The predicted octanol–water partition coefficient (Wildman–Crippen LogP) is 4.34. The van der Waals surface area contributed by atoms with Gasteiger partial charge in [0.05, 0.1) is 22.7 Å². The fraction of sp³-hybridized carbons (Fsp3) is 0.118. The van der Waals surface area contributed by atoms with Gasteiger partial charge in [-0.2, -0.15) is 13.2 Å². The Morgan fingerprint density at radius 3 is 2.42 bits per heavy atom. The molecule has 0 atom stereocenters. The van der Waals surface area contributed by atoms with Crippen LogP contribution in [0.4, 0.5) is 13.2 Å². The van der Waals surface area contributed by atoms with Gasteiger partial charge in [0, 0.05) is 5.56 Å². The molecule has 0 bridgehead atoms. The van der Waals surface area contributed by atoms with E-state index in [2.05, 4.69) is 15.5 Å². The minimum Gasteiger partial charge on any atom is -0.419 e. The lowest BCUT2D eigenvalue weighted by Gasteiger charge is -2.07. The number of benzene rings is 2. The molecule has 9 heteroatoms. The lowest BCUT2D eigenvalue weighted by molar-refractivity contribution is -0.137. The third-order valence-corrected chi connectivity index (χ3v) is 3.78. The van der Waals surface area contributed by atoms with E-state index in [4.69, 9.17) is 16.0 Å². The molecule has 1 amide bonds. The highest BCUT2D eigenvalue weighted by atomic mass is 35.5. The first-order chi connectivity index (χ1) is 12.3.